The van der Waals surface area contributed by atoms with E-state index in [0.717, 1.165) is 22.3 Å². The Hall–Kier alpha value is -2.34. The van der Waals surface area contributed by atoms with Crippen LogP contribution < -0.4 is 5.32 Å². The quantitative estimate of drug-likeness (QED) is 0.894. The number of nitrogens with zero attached hydrogens (tertiary/aromatic N) is 1. The Morgan fingerprint density at radius 3 is 2.10 bits per heavy atom. The minimum atomic E-state index is -0.491. The van der Waals surface area contributed by atoms with Crippen molar-refractivity contribution in [3.63, 3.8) is 0 Å². The van der Waals surface area contributed by atoms with Gasteiger partial charge in [0, 0.05) is 5.69 Å². The molecule has 0 saturated carbocycles. The molecule has 0 bridgehead atoms. The SMILES string of the molecule is Cc1cc(F)cc(NC(C#N)c2cc(C)cc(C)c2)c1. The van der Waals surface area contributed by atoms with Crippen LogP contribution >= 0.6 is 0 Å². The zero-order chi connectivity index (χ0) is 14.7. The third kappa shape index (κ3) is 3.36. The lowest BCUT2D eigenvalue weighted by Crippen LogP contribution is -2.09. The summed E-state index contributed by atoms with van der Waals surface area (Å²) in [5.74, 6) is -0.301. The lowest BCUT2D eigenvalue weighted by Gasteiger charge is -2.15. The zero-order valence-corrected chi connectivity index (χ0v) is 11.9. The molecule has 2 nitrogen and oxygen atoms in total. The minimum absolute atomic E-state index is 0.301. The molecule has 0 heterocycles. The topological polar surface area (TPSA) is 35.8 Å². The molecule has 102 valence electrons. The number of halogens is 1. The Balaban J connectivity index is 2.31. The van der Waals surface area contributed by atoms with E-state index in [2.05, 4.69) is 17.5 Å². The summed E-state index contributed by atoms with van der Waals surface area (Å²) >= 11 is 0. The summed E-state index contributed by atoms with van der Waals surface area (Å²) in [7, 11) is 0. The minimum Gasteiger partial charge on any atom is -0.366 e. The fourth-order valence-electron chi connectivity index (χ4n) is 2.35. The molecule has 0 aliphatic heterocycles. The van der Waals surface area contributed by atoms with Crippen molar-refractivity contribution in [1.82, 2.24) is 0 Å². The van der Waals surface area contributed by atoms with Crippen molar-refractivity contribution in [2.45, 2.75) is 26.8 Å². The van der Waals surface area contributed by atoms with Crippen LogP contribution in [-0.2, 0) is 0 Å². The molecule has 1 atom stereocenters. The van der Waals surface area contributed by atoms with E-state index in [1.54, 1.807) is 0 Å². The maximum atomic E-state index is 13.4. The molecule has 20 heavy (non-hydrogen) atoms. The second kappa shape index (κ2) is 5.75. The number of hydrogen-bond donors (Lipinski definition) is 1. The van der Waals surface area contributed by atoms with Gasteiger partial charge in [-0.2, -0.15) is 5.26 Å². The monoisotopic (exact) mass is 268 g/mol. The Kier molecular flexibility index (Phi) is 4.05. The van der Waals surface area contributed by atoms with Crippen LogP contribution in [0.1, 0.15) is 28.3 Å². The summed E-state index contributed by atoms with van der Waals surface area (Å²) in [5.41, 5.74) is 4.56. The first-order chi connectivity index (χ1) is 9.47. The first-order valence-electron chi connectivity index (χ1n) is 6.49. The van der Waals surface area contributed by atoms with Crippen molar-refractivity contribution in [2.24, 2.45) is 0 Å². The Bertz CT molecular complexity index is 631. The molecule has 0 fully saturated rings. The van der Waals surface area contributed by atoms with Gasteiger partial charge in [0.2, 0.25) is 0 Å². The van der Waals surface area contributed by atoms with E-state index in [9.17, 15) is 9.65 Å². The molecule has 0 aromatic heterocycles. The van der Waals surface area contributed by atoms with Gasteiger partial charge < -0.3 is 5.32 Å². The summed E-state index contributed by atoms with van der Waals surface area (Å²) in [6, 6.07) is 12.4. The van der Waals surface area contributed by atoms with Crippen LogP contribution in [0.5, 0.6) is 0 Å². The molecule has 1 N–H and O–H groups in total. The van der Waals surface area contributed by atoms with Crippen LogP contribution in [0.3, 0.4) is 0 Å². The molecule has 2 aromatic rings. The van der Waals surface area contributed by atoms with Crippen LogP contribution in [0.15, 0.2) is 36.4 Å². The molecule has 0 spiro atoms. The van der Waals surface area contributed by atoms with Crippen molar-refractivity contribution in [1.29, 1.82) is 5.26 Å². The van der Waals surface area contributed by atoms with Gasteiger partial charge in [0.1, 0.15) is 11.9 Å². The molecule has 0 aliphatic carbocycles. The van der Waals surface area contributed by atoms with Gasteiger partial charge in [0.25, 0.3) is 0 Å². The van der Waals surface area contributed by atoms with Crippen molar-refractivity contribution in [2.75, 3.05) is 5.32 Å². The molecule has 0 amide bonds. The molecular formula is C17H17FN2. The number of nitrogens with one attached hydrogen (secondary N) is 1. The normalized spacial score (nSPS) is 11.8. The highest BCUT2D eigenvalue weighted by atomic mass is 19.1. The van der Waals surface area contributed by atoms with Crippen LogP contribution in [0.4, 0.5) is 10.1 Å². The first-order valence-corrected chi connectivity index (χ1v) is 6.49. The predicted octanol–water partition coefficient (Wildman–Crippen LogP) is 4.43. The highest BCUT2D eigenvalue weighted by Crippen LogP contribution is 2.22. The average Bonchev–Trinajstić information content (AvgIpc) is 2.33. The summed E-state index contributed by atoms with van der Waals surface area (Å²) < 4.78 is 13.4. The van der Waals surface area contributed by atoms with Crippen LogP contribution in [0.2, 0.25) is 0 Å². The van der Waals surface area contributed by atoms with Crippen LogP contribution in [0, 0.1) is 37.9 Å². The number of aryl methyl sites for hydroxylation is 3. The second-order valence-electron chi connectivity index (χ2n) is 5.14. The number of hydrogen-bond acceptors (Lipinski definition) is 2. The number of benzene rings is 2. The Morgan fingerprint density at radius 1 is 0.950 bits per heavy atom. The van der Waals surface area contributed by atoms with E-state index in [1.807, 2.05) is 39.0 Å². The van der Waals surface area contributed by atoms with E-state index in [1.165, 1.54) is 12.1 Å². The Labute approximate surface area is 118 Å². The summed E-state index contributed by atoms with van der Waals surface area (Å²) in [6.07, 6.45) is 0. The first kappa shape index (κ1) is 14.1. The van der Waals surface area contributed by atoms with E-state index < -0.39 is 6.04 Å². The largest absolute Gasteiger partial charge is 0.366 e. The number of anilines is 1. The lowest BCUT2D eigenvalue weighted by molar-refractivity contribution is 0.627. The highest BCUT2D eigenvalue weighted by Gasteiger charge is 2.12. The van der Waals surface area contributed by atoms with Gasteiger partial charge in [-0.05, 0) is 50.1 Å². The van der Waals surface area contributed by atoms with Gasteiger partial charge in [0.15, 0.2) is 0 Å². The molecule has 3 heteroatoms. The molecule has 1 unspecified atom stereocenters. The van der Waals surface area contributed by atoms with Gasteiger partial charge in [-0.15, -0.1) is 0 Å². The molecule has 0 saturated heterocycles. The van der Waals surface area contributed by atoms with Crippen molar-refractivity contribution in [3.8, 4) is 6.07 Å². The second-order valence-corrected chi connectivity index (χ2v) is 5.14. The predicted molar refractivity (Wildman–Crippen MR) is 79.0 cm³/mol. The molecule has 0 radical (unpaired) electrons. The van der Waals surface area contributed by atoms with E-state index in [0.29, 0.717) is 5.69 Å². The van der Waals surface area contributed by atoms with Crippen LogP contribution in [0.25, 0.3) is 0 Å². The smallest absolute Gasteiger partial charge is 0.140 e. The standard InChI is InChI=1S/C17H17FN2/c1-11-4-12(2)6-14(5-11)17(10-19)20-16-8-13(3)7-15(18)9-16/h4-9,17,20H,1-3H3. The van der Waals surface area contributed by atoms with Crippen LogP contribution in [-0.4, -0.2) is 0 Å². The van der Waals surface area contributed by atoms with Crippen molar-refractivity contribution >= 4 is 5.69 Å². The average molecular weight is 268 g/mol. The van der Waals surface area contributed by atoms with E-state index in [4.69, 9.17) is 0 Å². The Morgan fingerprint density at radius 2 is 1.55 bits per heavy atom. The van der Waals surface area contributed by atoms with Gasteiger partial charge in [-0.1, -0.05) is 29.3 Å². The number of rotatable bonds is 3. The fourth-order valence-corrected chi connectivity index (χ4v) is 2.35. The summed E-state index contributed by atoms with van der Waals surface area (Å²) in [5, 5.41) is 12.4. The highest BCUT2D eigenvalue weighted by molar-refractivity contribution is 5.50. The van der Waals surface area contributed by atoms with Gasteiger partial charge in [0.05, 0.1) is 6.07 Å². The van der Waals surface area contributed by atoms with Crippen molar-refractivity contribution < 1.29 is 4.39 Å². The lowest BCUT2D eigenvalue weighted by atomic mass is 10.0. The number of nitriles is 1. The van der Waals surface area contributed by atoms with E-state index >= 15 is 0 Å². The summed E-state index contributed by atoms with van der Waals surface area (Å²) in [6.45, 7) is 5.82. The molecular weight excluding hydrogens is 251 g/mol. The zero-order valence-electron chi connectivity index (χ0n) is 11.9. The maximum Gasteiger partial charge on any atom is 0.140 e. The van der Waals surface area contributed by atoms with Gasteiger partial charge in [-0.25, -0.2) is 4.39 Å². The molecule has 0 aliphatic rings. The third-order valence-corrected chi connectivity index (χ3v) is 3.06. The summed E-state index contributed by atoms with van der Waals surface area (Å²) in [4.78, 5) is 0. The van der Waals surface area contributed by atoms with Gasteiger partial charge >= 0.3 is 0 Å². The maximum absolute atomic E-state index is 13.4. The molecule has 2 aromatic carbocycles. The van der Waals surface area contributed by atoms with Crippen molar-refractivity contribution in [3.05, 3.63) is 64.5 Å². The van der Waals surface area contributed by atoms with Gasteiger partial charge in [-0.3, -0.25) is 0 Å². The van der Waals surface area contributed by atoms with E-state index in [-0.39, 0.29) is 5.82 Å². The molecule has 2 rings (SSSR count). The third-order valence-electron chi connectivity index (χ3n) is 3.06. The fraction of sp³-hybridized carbons (Fsp3) is 0.235.